The molecule has 0 saturated carbocycles. The van der Waals surface area contributed by atoms with Crippen LogP contribution in [0.5, 0.6) is 0 Å². The second-order valence-electron chi connectivity index (χ2n) is 11.2. The molecule has 0 heterocycles. The van der Waals surface area contributed by atoms with Crippen LogP contribution in [0.3, 0.4) is 0 Å². The molecule has 0 rings (SSSR count). The minimum Gasteiger partial charge on any atom is -0.463 e. The fraction of sp³-hybridized carbons (Fsp3) is 0.667. The zero-order chi connectivity index (χ0) is 31.1. The highest BCUT2D eigenvalue weighted by atomic mass is 16.6. The van der Waals surface area contributed by atoms with Crippen molar-refractivity contribution in [2.45, 2.75) is 136 Å². The lowest BCUT2D eigenvalue weighted by Gasteiger charge is -2.12. The summed E-state index contributed by atoms with van der Waals surface area (Å²) in [6.07, 6.45) is 33.4. The molecular weight excluding hydrogens is 528 g/mol. The number of hydrogen-bond donors (Lipinski definition) is 2. The molecule has 0 aliphatic heterocycles. The van der Waals surface area contributed by atoms with Gasteiger partial charge in [0.15, 0.2) is 0 Å². The number of rotatable bonds is 27. The molecule has 0 fully saturated rings. The van der Waals surface area contributed by atoms with Crippen molar-refractivity contribution in [2.75, 3.05) is 13.2 Å². The van der Waals surface area contributed by atoms with Crippen LogP contribution < -0.4 is 0 Å². The lowest BCUT2D eigenvalue weighted by Crippen LogP contribution is -2.25. The first-order chi connectivity index (χ1) is 20.3. The molecule has 42 heavy (non-hydrogen) atoms. The van der Waals surface area contributed by atoms with Gasteiger partial charge in [-0.1, -0.05) is 126 Å². The Balaban J connectivity index is 3.66. The highest BCUT2D eigenvalue weighted by Gasteiger charge is 2.12. The van der Waals surface area contributed by atoms with Crippen LogP contribution in [-0.4, -0.2) is 47.6 Å². The van der Waals surface area contributed by atoms with Crippen LogP contribution in [0, 0.1) is 5.92 Å². The molecule has 0 aromatic heterocycles. The smallest absolute Gasteiger partial charge is 0.305 e. The number of carbonyl (C=O) groups excluding carboxylic acids is 2. The van der Waals surface area contributed by atoms with E-state index in [9.17, 15) is 19.8 Å². The van der Waals surface area contributed by atoms with Crippen LogP contribution in [0.15, 0.2) is 60.8 Å². The zero-order valence-corrected chi connectivity index (χ0v) is 26.8. The summed E-state index contributed by atoms with van der Waals surface area (Å²) in [5.41, 5.74) is 0. The SMILES string of the molecule is CC/C=C\C(O)C/C=C/C=C\C/C=C\C/C=C\CCCC(=O)OC[C@H](O)COC(=O)CCCCCCCCCC(C)C. The maximum absolute atomic E-state index is 11.9. The summed E-state index contributed by atoms with van der Waals surface area (Å²) >= 11 is 0. The topological polar surface area (TPSA) is 93.1 Å². The Morgan fingerprint density at radius 3 is 1.86 bits per heavy atom. The van der Waals surface area contributed by atoms with Crippen molar-refractivity contribution >= 4 is 11.9 Å². The zero-order valence-electron chi connectivity index (χ0n) is 26.8. The monoisotopic (exact) mass is 588 g/mol. The van der Waals surface area contributed by atoms with Crippen LogP contribution in [0.4, 0.5) is 0 Å². The second-order valence-corrected chi connectivity index (χ2v) is 11.2. The van der Waals surface area contributed by atoms with Gasteiger partial charge < -0.3 is 19.7 Å². The van der Waals surface area contributed by atoms with Crippen molar-refractivity contribution in [2.24, 2.45) is 5.92 Å². The summed E-state index contributed by atoms with van der Waals surface area (Å²) in [6.45, 7) is 6.26. The highest BCUT2D eigenvalue weighted by molar-refractivity contribution is 5.69. The molecule has 0 bridgehead atoms. The van der Waals surface area contributed by atoms with Gasteiger partial charge in [0.1, 0.15) is 19.3 Å². The molecule has 0 spiro atoms. The Morgan fingerprint density at radius 2 is 1.21 bits per heavy atom. The number of carbonyl (C=O) groups is 2. The number of esters is 2. The van der Waals surface area contributed by atoms with E-state index in [2.05, 4.69) is 44.2 Å². The third-order valence-electron chi connectivity index (χ3n) is 6.52. The minimum atomic E-state index is -0.998. The summed E-state index contributed by atoms with van der Waals surface area (Å²) in [6, 6.07) is 0. The summed E-state index contributed by atoms with van der Waals surface area (Å²) in [5.74, 6) is 0.119. The Morgan fingerprint density at radius 1 is 0.667 bits per heavy atom. The first kappa shape index (κ1) is 39.6. The Labute approximate surface area is 256 Å². The third-order valence-corrected chi connectivity index (χ3v) is 6.52. The van der Waals surface area contributed by atoms with Crippen LogP contribution in [0.2, 0.25) is 0 Å². The van der Waals surface area contributed by atoms with E-state index < -0.39 is 12.2 Å². The van der Waals surface area contributed by atoms with Crippen LogP contribution >= 0.6 is 0 Å². The quantitative estimate of drug-likeness (QED) is 0.0433. The van der Waals surface area contributed by atoms with E-state index >= 15 is 0 Å². The first-order valence-corrected chi connectivity index (χ1v) is 16.3. The molecule has 2 N–H and O–H groups in total. The number of unbranched alkanes of at least 4 members (excludes halogenated alkanes) is 7. The fourth-order valence-corrected chi connectivity index (χ4v) is 4.03. The van der Waals surface area contributed by atoms with Gasteiger partial charge >= 0.3 is 11.9 Å². The van der Waals surface area contributed by atoms with Crippen molar-refractivity contribution in [1.29, 1.82) is 0 Å². The number of aliphatic hydroxyl groups excluding tert-OH is 2. The number of hydrogen-bond acceptors (Lipinski definition) is 6. The summed E-state index contributed by atoms with van der Waals surface area (Å²) < 4.78 is 10.2. The van der Waals surface area contributed by atoms with Crippen molar-refractivity contribution < 1.29 is 29.3 Å². The van der Waals surface area contributed by atoms with Gasteiger partial charge in [-0.05, 0) is 50.9 Å². The first-order valence-electron chi connectivity index (χ1n) is 16.3. The Bertz CT molecular complexity index is 793. The molecule has 240 valence electrons. The van der Waals surface area contributed by atoms with Crippen molar-refractivity contribution in [3.8, 4) is 0 Å². The molecule has 0 saturated heterocycles. The van der Waals surface area contributed by atoms with Gasteiger partial charge in [-0.25, -0.2) is 0 Å². The van der Waals surface area contributed by atoms with Crippen LogP contribution in [0.25, 0.3) is 0 Å². The van der Waals surface area contributed by atoms with E-state index in [1.165, 1.54) is 32.1 Å². The summed E-state index contributed by atoms with van der Waals surface area (Å²) in [5, 5.41) is 19.6. The lowest BCUT2D eigenvalue weighted by atomic mass is 10.0. The molecule has 1 unspecified atom stereocenters. The third kappa shape index (κ3) is 30.5. The maximum atomic E-state index is 11.9. The predicted molar refractivity (Wildman–Crippen MR) is 174 cm³/mol. The largest absolute Gasteiger partial charge is 0.463 e. The molecule has 6 nitrogen and oxygen atoms in total. The van der Waals surface area contributed by atoms with E-state index in [0.717, 1.165) is 50.9 Å². The molecule has 0 radical (unpaired) electrons. The predicted octanol–water partition coefficient (Wildman–Crippen LogP) is 8.49. The van der Waals surface area contributed by atoms with Gasteiger partial charge in [0.25, 0.3) is 0 Å². The number of aliphatic hydroxyl groups is 2. The van der Waals surface area contributed by atoms with E-state index in [4.69, 9.17) is 9.47 Å². The minimum absolute atomic E-state index is 0.147. The maximum Gasteiger partial charge on any atom is 0.305 e. The Kier molecular flexibility index (Phi) is 28.3. The normalized spacial score (nSPS) is 13.9. The van der Waals surface area contributed by atoms with Gasteiger partial charge in [0.05, 0.1) is 6.10 Å². The fourth-order valence-electron chi connectivity index (χ4n) is 4.03. The molecule has 0 aromatic rings. The molecule has 0 aliphatic carbocycles. The van der Waals surface area contributed by atoms with Crippen LogP contribution in [0.1, 0.15) is 124 Å². The van der Waals surface area contributed by atoms with E-state index in [-0.39, 0.29) is 31.6 Å². The average molecular weight is 589 g/mol. The molecule has 0 amide bonds. The van der Waals surface area contributed by atoms with E-state index in [1.54, 1.807) is 0 Å². The standard InChI is InChI=1S/C36H60O6/c1-4-5-26-33(37)27-22-18-14-10-8-6-7-9-11-15-19-23-28-35(39)41-30-34(38)31-42-36(40)29-24-20-16-12-13-17-21-25-32(2)3/h5-7,10-11,14-15,18,22,26,32-34,37-38H,4,8-9,12-13,16-17,19-21,23-25,27-31H2,1-3H3/b7-6-,14-10-,15-11-,22-18+,26-5-/t33?,34-/m0/s1. The number of allylic oxidation sites excluding steroid dienone is 8. The van der Waals surface area contributed by atoms with Crippen molar-refractivity contribution in [1.82, 2.24) is 0 Å². The molecule has 0 aromatic carbocycles. The second kappa shape index (κ2) is 30.0. The van der Waals surface area contributed by atoms with Gasteiger partial charge in [-0.15, -0.1) is 0 Å². The molecular formula is C36H60O6. The average Bonchev–Trinajstić information content (AvgIpc) is 2.96. The van der Waals surface area contributed by atoms with Gasteiger partial charge in [-0.3, -0.25) is 9.59 Å². The van der Waals surface area contributed by atoms with E-state index in [0.29, 0.717) is 19.3 Å². The van der Waals surface area contributed by atoms with Gasteiger partial charge in [0, 0.05) is 12.8 Å². The van der Waals surface area contributed by atoms with Crippen molar-refractivity contribution in [3.63, 3.8) is 0 Å². The van der Waals surface area contributed by atoms with Crippen LogP contribution in [-0.2, 0) is 19.1 Å². The molecule has 6 heteroatoms. The highest BCUT2D eigenvalue weighted by Crippen LogP contribution is 2.13. The summed E-state index contributed by atoms with van der Waals surface area (Å²) in [7, 11) is 0. The lowest BCUT2D eigenvalue weighted by molar-refractivity contribution is -0.152. The summed E-state index contributed by atoms with van der Waals surface area (Å²) in [4.78, 5) is 23.7. The van der Waals surface area contributed by atoms with E-state index in [1.807, 2.05) is 37.3 Å². The number of ether oxygens (including phenoxy) is 2. The molecule has 2 atom stereocenters. The molecule has 0 aliphatic rings. The van der Waals surface area contributed by atoms with Crippen molar-refractivity contribution in [3.05, 3.63) is 60.8 Å². The Hall–Kier alpha value is -2.44. The van der Waals surface area contributed by atoms with Gasteiger partial charge in [-0.2, -0.15) is 0 Å². The van der Waals surface area contributed by atoms with Gasteiger partial charge in [0.2, 0.25) is 0 Å².